The zero-order chi connectivity index (χ0) is 29.6. The van der Waals surface area contributed by atoms with Gasteiger partial charge in [-0.1, -0.05) is 159 Å². The van der Waals surface area contributed by atoms with E-state index in [4.69, 9.17) is 0 Å². The molecule has 0 spiro atoms. The largest absolute Gasteiger partial charge is 0.0683 e. The van der Waals surface area contributed by atoms with Gasteiger partial charge in [0.05, 0.1) is 0 Å². The van der Waals surface area contributed by atoms with Crippen molar-refractivity contribution in [2.45, 2.75) is 13.8 Å². The van der Waals surface area contributed by atoms with Crippen molar-refractivity contribution in [3.8, 4) is 22.3 Å². The quantitative estimate of drug-likeness (QED) is 0.146. The minimum Gasteiger partial charge on any atom is -0.0683 e. The Balaban J connectivity index is 0.00000142. The first-order valence-corrected chi connectivity index (χ1v) is 15.6. The van der Waals surface area contributed by atoms with Crippen molar-refractivity contribution in [1.82, 2.24) is 0 Å². The van der Waals surface area contributed by atoms with Crippen LogP contribution in [0.4, 0.5) is 0 Å². The molecule has 0 amide bonds. The summed E-state index contributed by atoms with van der Waals surface area (Å²) in [6.45, 7) is 4.00. The monoisotopic (exact) mass is 560 g/mol. The standard InChI is InChI=1S/C42H26.C2H6/c1-3-11-33-27(9-1)19-21-30-25-31(23-24-35(30)33)41-36-13-5-7-15-38(36)42(39-16-8-6-14-37(39)41)32-22-20-29-18-17-28-10-2-4-12-34(28)40(29)26-32;1-2/h1-26H;1-2H3. The van der Waals surface area contributed by atoms with E-state index in [-0.39, 0.29) is 0 Å². The maximum absolute atomic E-state index is 2.40. The molecule has 0 fully saturated rings. The number of hydrogen-bond donors (Lipinski definition) is 0. The van der Waals surface area contributed by atoms with Crippen LogP contribution in [0.5, 0.6) is 0 Å². The molecule has 0 aromatic heterocycles. The predicted octanol–water partition coefficient (Wildman–Crippen LogP) is 13.0. The molecule has 0 N–H and O–H groups in total. The highest BCUT2D eigenvalue weighted by Gasteiger charge is 2.17. The molecule has 0 atom stereocenters. The third-order valence-corrected chi connectivity index (χ3v) is 9.00. The van der Waals surface area contributed by atoms with Crippen LogP contribution in [-0.2, 0) is 0 Å². The van der Waals surface area contributed by atoms with Crippen LogP contribution in [0, 0.1) is 0 Å². The van der Waals surface area contributed by atoms with E-state index < -0.39 is 0 Å². The van der Waals surface area contributed by atoms with Crippen LogP contribution in [0.3, 0.4) is 0 Å². The first-order chi connectivity index (χ1) is 21.8. The summed E-state index contributed by atoms with van der Waals surface area (Å²) in [5.74, 6) is 0. The van der Waals surface area contributed by atoms with Gasteiger partial charge in [-0.05, 0) is 99.0 Å². The number of benzene rings is 9. The smallest absolute Gasteiger partial charge is 0.00261 e. The first kappa shape index (κ1) is 26.2. The molecule has 0 bridgehead atoms. The fourth-order valence-electron chi connectivity index (χ4n) is 7.08. The highest BCUT2D eigenvalue weighted by Crippen LogP contribution is 2.45. The molecule has 0 nitrogen and oxygen atoms in total. The zero-order valence-corrected chi connectivity index (χ0v) is 25.0. The van der Waals surface area contributed by atoms with E-state index in [2.05, 4.69) is 158 Å². The predicted molar refractivity (Wildman–Crippen MR) is 194 cm³/mol. The Morgan fingerprint density at radius 1 is 0.250 bits per heavy atom. The van der Waals surface area contributed by atoms with Gasteiger partial charge in [-0.15, -0.1) is 0 Å². The molecule has 208 valence electrons. The molecule has 0 aliphatic carbocycles. The van der Waals surface area contributed by atoms with Gasteiger partial charge in [-0.2, -0.15) is 0 Å². The highest BCUT2D eigenvalue weighted by molar-refractivity contribution is 6.23. The van der Waals surface area contributed by atoms with Gasteiger partial charge in [0.1, 0.15) is 0 Å². The summed E-state index contributed by atoms with van der Waals surface area (Å²) in [4.78, 5) is 0. The first-order valence-electron chi connectivity index (χ1n) is 15.6. The lowest BCUT2D eigenvalue weighted by Gasteiger charge is -2.18. The third kappa shape index (κ3) is 4.07. The van der Waals surface area contributed by atoms with Crippen LogP contribution in [0.25, 0.3) is 86.9 Å². The molecule has 0 saturated heterocycles. The van der Waals surface area contributed by atoms with E-state index >= 15 is 0 Å². The normalized spacial score (nSPS) is 11.4. The molecule has 44 heavy (non-hydrogen) atoms. The summed E-state index contributed by atoms with van der Waals surface area (Å²) in [5.41, 5.74) is 5.10. The molecule has 0 aliphatic heterocycles. The Labute approximate surface area is 257 Å². The minimum atomic E-state index is 1.25. The lowest BCUT2D eigenvalue weighted by atomic mass is 9.85. The van der Waals surface area contributed by atoms with Crippen LogP contribution in [-0.4, -0.2) is 0 Å². The topological polar surface area (TPSA) is 0 Å². The number of hydrogen-bond acceptors (Lipinski definition) is 0. The zero-order valence-electron chi connectivity index (χ0n) is 25.0. The summed E-state index contributed by atoms with van der Waals surface area (Å²) in [7, 11) is 0. The molecular weight excluding hydrogens is 528 g/mol. The fraction of sp³-hybridized carbons (Fsp3) is 0.0455. The maximum atomic E-state index is 2.40. The molecule has 9 rings (SSSR count). The third-order valence-electron chi connectivity index (χ3n) is 9.00. The van der Waals surface area contributed by atoms with Gasteiger partial charge in [-0.3, -0.25) is 0 Å². The van der Waals surface area contributed by atoms with Crippen LogP contribution in [0.2, 0.25) is 0 Å². The van der Waals surface area contributed by atoms with Crippen LogP contribution >= 0.6 is 0 Å². The summed E-state index contributed by atoms with van der Waals surface area (Å²) in [6.07, 6.45) is 0. The molecule has 0 aliphatic rings. The minimum absolute atomic E-state index is 1.25. The van der Waals surface area contributed by atoms with Crippen molar-refractivity contribution in [2.24, 2.45) is 0 Å². The highest BCUT2D eigenvalue weighted by atomic mass is 14.2. The molecule has 0 radical (unpaired) electrons. The Hall–Kier alpha value is -5.46. The second kappa shape index (κ2) is 10.7. The molecule has 0 heteroatoms. The van der Waals surface area contributed by atoms with E-state index in [1.54, 1.807) is 0 Å². The number of rotatable bonds is 2. The van der Waals surface area contributed by atoms with Gasteiger partial charge in [0.2, 0.25) is 0 Å². The van der Waals surface area contributed by atoms with E-state index in [0.717, 1.165) is 0 Å². The van der Waals surface area contributed by atoms with Crippen molar-refractivity contribution >= 4 is 64.6 Å². The van der Waals surface area contributed by atoms with Gasteiger partial charge in [0.15, 0.2) is 0 Å². The Morgan fingerprint density at radius 3 is 1.14 bits per heavy atom. The van der Waals surface area contributed by atoms with Crippen molar-refractivity contribution in [2.75, 3.05) is 0 Å². The molecule has 0 heterocycles. The van der Waals surface area contributed by atoms with Gasteiger partial charge in [-0.25, -0.2) is 0 Å². The van der Waals surface area contributed by atoms with Crippen LogP contribution in [0.1, 0.15) is 13.8 Å². The van der Waals surface area contributed by atoms with E-state index in [0.29, 0.717) is 0 Å². The van der Waals surface area contributed by atoms with Crippen molar-refractivity contribution < 1.29 is 0 Å². The lowest BCUT2D eigenvalue weighted by molar-refractivity contribution is 1.50. The summed E-state index contributed by atoms with van der Waals surface area (Å²) < 4.78 is 0. The second-order valence-corrected chi connectivity index (χ2v) is 11.3. The van der Waals surface area contributed by atoms with Crippen molar-refractivity contribution in [3.63, 3.8) is 0 Å². The lowest BCUT2D eigenvalue weighted by Crippen LogP contribution is -1.91. The van der Waals surface area contributed by atoms with Crippen molar-refractivity contribution in [1.29, 1.82) is 0 Å². The molecule has 9 aromatic carbocycles. The maximum Gasteiger partial charge on any atom is -0.00261 e. The van der Waals surface area contributed by atoms with Crippen LogP contribution < -0.4 is 0 Å². The average molecular weight is 561 g/mol. The molecule has 0 unspecified atom stereocenters. The Morgan fingerprint density at radius 2 is 0.591 bits per heavy atom. The van der Waals surface area contributed by atoms with E-state index in [1.165, 1.54) is 86.9 Å². The van der Waals surface area contributed by atoms with E-state index in [1.807, 2.05) is 13.8 Å². The average Bonchev–Trinajstić information content (AvgIpc) is 3.11. The molecule has 9 aromatic rings. The summed E-state index contributed by atoms with van der Waals surface area (Å²) >= 11 is 0. The SMILES string of the molecule is CC.c1ccc2c(c1)ccc1cc(-c3c4ccccc4c(-c4ccc5ccc6ccccc6c5c4)c4ccccc34)ccc12. The molecular formula is C44H32. The number of fused-ring (bicyclic) bond motifs is 8. The van der Waals surface area contributed by atoms with Gasteiger partial charge >= 0.3 is 0 Å². The Kier molecular flexibility index (Phi) is 6.35. The van der Waals surface area contributed by atoms with E-state index in [9.17, 15) is 0 Å². The second-order valence-electron chi connectivity index (χ2n) is 11.3. The van der Waals surface area contributed by atoms with Gasteiger partial charge in [0.25, 0.3) is 0 Å². The Bertz CT molecular complexity index is 2460. The van der Waals surface area contributed by atoms with Gasteiger partial charge < -0.3 is 0 Å². The summed E-state index contributed by atoms with van der Waals surface area (Å²) in [5, 5.41) is 15.4. The molecule has 0 saturated carbocycles. The fourth-order valence-corrected chi connectivity index (χ4v) is 7.08. The van der Waals surface area contributed by atoms with Crippen LogP contribution in [0.15, 0.2) is 158 Å². The van der Waals surface area contributed by atoms with Crippen molar-refractivity contribution in [3.05, 3.63) is 158 Å². The van der Waals surface area contributed by atoms with Gasteiger partial charge in [0, 0.05) is 0 Å². The summed E-state index contributed by atoms with van der Waals surface area (Å²) in [6, 6.07) is 58.2.